The van der Waals surface area contributed by atoms with E-state index in [4.69, 9.17) is 23.2 Å². The molecule has 1 aliphatic carbocycles. The van der Waals surface area contributed by atoms with Crippen molar-refractivity contribution in [2.75, 3.05) is 13.1 Å². The van der Waals surface area contributed by atoms with Crippen molar-refractivity contribution < 1.29 is 9.90 Å². The highest BCUT2D eigenvalue weighted by Gasteiger charge is 2.46. The number of aliphatic hydroxyl groups is 1. The molecule has 0 bridgehead atoms. The topological polar surface area (TPSA) is 40.5 Å². The zero-order valence-corrected chi connectivity index (χ0v) is 11.9. The van der Waals surface area contributed by atoms with Crippen LogP contribution in [0.5, 0.6) is 0 Å². The number of carbonyl (C=O) groups is 1. The fourth-order valence-electron chi connectivity index (χ4n) is 2.80. The summed E-state index contributed by atoms with van der Waals surface area (Å²) < 4.78 is 0. The molecule has 0 spiro atoms. The van der Waals surface area contributed by atoms with E-state index in [1.807, 2.05) is 12.1 Å². The van der Waals surface area contributed by atoms with Gasteiger partial charge in [-0.05, 0) is 42.5 Å². The van der Waals surface area contributed by atoms with E-state index in [0.717, 1.165) is 12.0 Å². The van der Waals surface area contributed by atoms with Crippen LogP contribution >= 0.6 is 23.2 Å². The van der Waals surface area contributed by atoms with Crippen LogP contribution in [0.3, 0.4) is 0 Å². The average Bonchev–Trinajstić information content (AvgIpc) is 3.03. The minimum Gasteiger partial charge on any atom is -0.391 e. The van der Waals surface area contributed by atoms with Crippen LogP contribution < -0.4 is 0 Å². The highest BCUT2D eigenvalue weighted by Crippen LogP contribution is 2.49. The van der Waals surface area contributed by atoms with Gasteiger partial charge in [-0.1, -0.05) is 23.2 Å². The molecule has 1 aromatic rings. The molecule has 0 aromatic heterocycles. The van der Waals surface area contributed by atoms with Crippen LogP contribution in [0.1, 0.15) is 24.3 Å². The molecule has 3 rings (SSSR count). The van der Waals surface area contributed by atoms with Crippen molar-refractivity contribution in [3.8, 4) is 0 Å². The third kappa shape index (κ3) is 2.73. The summed E-state index contributed by atoms with van der Waals surface area (Å²) in [6, 6.07) is 5.46. The number of β-amino-alcohol motifs (C(OH)–C–C–N with tert-alkyl or cyclic N) is 1. The van der Waals surface area contributed by atoms with Crippen molar-refractivity contribution in [3.63, 3.8) is 0 Å². The lowest BCUT2D eigenvalue weighted by Crippen LogP contribution is -2.31. The van der Waals surface area contributed by atoms with Crippen LogP contribution in [0.15, 0.2) is 18.2 Å². The molecule has 1 saturated heterocycles. The Balaban J connectivity index is 1.69. The molecule has 1 amide bonds. The molecule has 3 nitrogen and oxygen atoms in total. The molecule has 0 radical (unpaired) electrons. The number of hydrogen-bond acceptors (Lipinski definition) is 2. The lowest BCUT2D eigenvalue weighted by molar-refractivity contribution is -0.131. The van der Waals surface area contributed by atoms with Gasteiger partial charge in [-0.3, -0.25) is 4.79 Å². The maximum absolute atomic E-state index is 12.3. The van der Waals surface area contributed by atoms with Gasteiger partial charge in [-0.25, -0.2) is 0 Å². The van der Waals surface area contributed by atoms with Gasteiger partial charge in [0.05, 0.1) is 6.10 Å². The largest absolute Gasteiger partial charge is 0.391 e. The highest BCUT2D eigenvalue weighted by molar-refractivity contribution is 6.34. The molecule has 2 aliphatic rings. The second-order valence-electron chi connectivity index (χ2n) is 5.38. The lowest BCUT2D eigenvalue weighted by Gasteiger charge is -2.15. The molecule has 1 saturated carbocycles. The third-order valence-corrected chi connectivity index (χ3v) is 4.33. The van der Waals surface area contributed by atoms with Gasteiger partial charge in [0.15, 0.2) is 0 Å². The minimum absolute atomic E-state index is 0.0276. The standard InChI is InChI=1S/C14H15Cl2NO2/c15-9-3-8(4-10(16)5-9)12-6-13(12)14(19)17-2-1-11(18)7-17/h3-5,11-13,18H,1-2,6-7H2/t11-,12?,13?/m0/s1. The molecule has 3 atom stereocenters. The Kier molecular flexibility index (Phi) is 3.46. The van der Waals surface area contributed by atoms with Gasteiger partial charge in [-0.2, -0.15) is 0 Å². The molecule has 1 N–H and O–H groups in total. The zero-order valence-electron chi connectivity index (χ0n) is 10.4. The predicted octanol–water partition coefficient (Wildman–Crippen LogP) is 2.69. The van der Waals surface area contributed by atoms with Crippen molar-refractivity contribution in [1.29, 1.82) is 0 Å². The maximum Gasteiger partial charge on any atom is 0.226 e. The molecule has 102 valence electrons. The summed E-state index contributed by atoms with van der Waals surface area (Å²) in [5, 5.41) is 10.7. The van der Waals surface area contributed by atoms with Gasteiger partial charge in [0.25, 0.3) is 0 Å². The molecule has 1 aliphatic heterocycles. The number of nitrogens with zero attached hydrogens (tertiary/aromatic N) is 1. The molecule has 5 heteroatoms. The number of rotatable bonds is 2. The summed E-state index contributed by atoms with van der Waals surface area (Å²) in [6.45, 7) is 1.14. The molecule has 19 heavy (non-hydrogen) atoms. The molecule has 1 heterocycles. The number of halogens is 2. The van der Waals surface area contributed by atoms with Gasteiger partial charge in [0.2, 0.25) is 5.91 Å². The normalized spacial score (nSPS) is 29.6. The fraction of sp³-hybridized carbons (Fsp3) is 0.500. The van der Waals surface area contributed by atoms with E-state index >= 15 is 0 Å². The fourth-order valence-corrected chi connectivity index (χ4v) is 3.34. The first-order chi connectivity index (χ1) is 9.04. The summed E-state index contributed by atoms with van der Waals surface area (Å²) in [5.74, 6) is 0.402. The maximum atomic E-state index is 12.3. The van der Waals surface area contributed by atoms with Gasteiger partial charge in [-0.15, -0.1) is 0 Å². The number of aliphatic hydroxyl groups excluding tert-OH is 1. The summed E-state index contributed by atoms with van der Waals surface area (Å²) >= 11 is 12.0. The van der Waals surface area contributed by atoms with E-state index in [1.165, 1.54) is 0 Å². The molecule has 2 unspecified atom stereocenters. The van der Waals surface area contributed by atoms with Gasteiger partial charge >= 0.3 is 0 Å². The SMILES string of the molecule is O=C(C1CC1c1cc(Cl)cc(Cl)c1)N1CC[C@H](O)C1. The van der Waals surface area contributed by atoms with E-state index in [9.17, 15) is 9.90 Å². The zero-order chi connectivity index (χ0) is 13.6. The number of amides is 1. The summed E-state index contributed by atoms with van der Waals surface area (Å²) in [5.41, 5.74) is 1.04. The van der Waals surface area contributed by atoms with Gasteiger partial charge in [0, 0.05) is 29.1 Å². The Bertz CT molecular complexity index is 500. The van der Waals surface area contributed by atoms with Crippen LogP contribution in [0, 0.1) is 5.92 Å². The van der Waals surface area contributed by atoms with Crippen LogP contribution in [0.4, 0.5) is 0 Å². The van der Waals surface area contributed by atoms with E-state index in [1.54, 1.807) is 11.0 Å². The Hall–Kier alpha value is -0.770. The molecule has 2 fully saturated rings. The number of likely N-dealkylation sites (tertiary alicyclic amines) is 1. The van der Waals surface area contributed by atoms with Crippen LogP contribution in [0.25, 0.3) is 0 Å². The third-order valence-electron chi connectivity index (χ3n) is 3.90. The van der Waals surface area contributed by atoms with Crippen LogP contribution in [0.2, 0.25) is 10.0 Å². The van der Waals surface area contributed by atoms with Crippen molar-refractivity contribution in [2.24, 2.45) is 5.92 Å². The van der Waals surface area contributed by atoms with E-state index < -0.39 is 0 Å². The Morgan fingerprint density at radius 1 is 1.26 bits per heavy atom. The second-order valence-corrected chi connectivity index (χ2v) is 6.25. The van der Waals surface area contributed by atoms with Crippen molar-refractivity contribution in [1.82, 2.24) is 4.90 Å². The number of benzene rings is 1. The second kappa shape index (κ2) is 4.97. The number of hydrogen-bond donors (Lipinski definition) is 1. The van der Waals surface area contributed by atoms with Crippen LogP contribution in [-0.4, -0.2) is 35.1 Å². The van der Waals surface area contributed by atoms with Crippen molar-refractivity contribution in [2.45, 2.75) is 24.9 Å². The Morgan fingerprint density at radius 3 is 2.53 bits per heavy atom. The van der Waals surface area contributed by atoms with Crippen molar-refractivity contribution >= 4 is 29.1 Å². The molecular weight excluding hydrogens is 285 g/mol. The number of carbonyl (C=O) groups excluding carboxylic acids is 1. The first-order valence-electron chi connectivity index (χ1n) is 6.47. The summed E-state index contributed by atoms with van der Waals surface area (Å²) in [4.78, 5) is 14.0. The predicted molar refractivity (Wildman–Crippen MR) is 74.5 cm³/mol. The molecular formula is C14H15Cl2NO2. The van der Waals surface area contributed by atoms with Gasteiger partial charge < -0.3 is 10.0 Å². The first kappa shape index (κ1) is 13.2. The Labute approximate surface area is 122 Å². The smallest absolute Gasteiger partial charge is 0.226 e. The van der Waals surface area contributed by atoms with Crippen molar-refractivity contribution in [3.05, 3.63) is 33.8 Å². The highest BCUT2D eigenvalue weighted by atomic mass is 35.5. The molecule has 1 aromatic carbocycles. The lowest BCUT2D eigenvalue weighted by atomic mass is 10.1. The van der Waals surface area contributed by atoms with E-state index in [2.05, 4.69) is 0 Å². The summed E-state index contributed by atoms with van der Waals surface area (Å²) in [7, 11) is 0. The quantitative estimate of drug-likeness (QED) is 0.912. The van der Waals surface area contributed by atoms with E-state index in [-0.39, 0.29) is 23.8 Å². The average molecular weight is 300 g/mol. The monoisotopic (exact) mass is 299 g/mol. The first-order valence-corrected chi connectivity index (χ1v) is 7.23. The van der Waals surface area contributed by atoms with Crippen LogP contribution in [-0.2, 0) is 4.79 Å². The Morgan fingerprint density at radius 2 is 1.95 bits per heavy atom. The summed E-state index contributed by atoms with van der Waals surface area (Å²) in [6.07, 6.45) is 1.18. The van der Waals surface area contributed by atoms with Gasteiger partial charge in [0.1, 0.15) is 0 Å². The minimum atomic E-state index is -0.359. The van der Waals surface area contributed by atoms with E-state index in [0.29, 0.717) is 29.6 Å².